The monoisotopic (exact) mass is 456 g/mol. The van der Waals surface area contributed by atoms with Crippen molar-refractivity contribution >= 4 is 18.0 Å². The number of hydrogen-bond donors (Lipinski definition) is 1. The van der Waals surface area contributed by atoms with Gasteiger partial charge in [-0.25, -0.2) is 4.79 Å². The molecule has 3 amide bonds. The Bertz CT molecular complexity index is 1210. The predicted molar refractivity (Wildman–Crippen MR) is 131 cm³/mol. The fourth-order valence-electron chi connectivity index (χ4n) is 3.61. The topological polar surface area (TPSA) is 67.9 Å². The molecule has 4 rings (SSSR count). The average Bonchev–Trinajstić information content (AvgIpc) is 3.08. The molecule has 1 N–H and O–H groups in total. The van der Waals surface area contributed by atoms with Crippen molar-refractivity contribution in [2.75, 3.05) is 6.61 Å². The quantitative estimate of drug-likeness (QED) is 0.365. The van der Waals surface area contributed by atoms with Crippen LogP contribution in [0, 0.1) is 13.8 Å². The summed E-state index contributed by atoms with van der Waals surface area (Å²) >= 11 is 0. The smallest absolute Gasteiger partial charge is 0.329 e. The zero-order valence-electron chi connectivity index (χ0n) is 19.6. The number of ether oxygens (including phenoxy) is 2. The third kappa shape index (κ3) is 5.46. The van der Waals surface area contributed by atoms with E-state index in [-0.39, 0.29) is 18.1 Å². The van der Waals surface area contributed by atoms with Crippen LogP contribution >= 0.6 is 0 Å². The number of aryl methyl sites for hydroxylation is 2. The first-order valence-corrected chi connectivity index (χ1v) is 11.3. The summed E-state index contributed by atoms with van der Waals surface area (Å²) in [7, 11) is 0. The zero-order valence-corrected chi connectivity index (χ0v) is 19.6. The lowest BCUT2D eigenvalue weighted by molar-refractivity contribution is -0.123. The van der Waals surface area contributed by atoms with Gasteiger partial charge in [0.2, 0.25) is 0 Å². The maximum atomic E-state index is 12.9. The van der Waals surface area contributed by atoms with Crippen LogP contribution in [-0.2, 0) is 17.9 Å². The summed E-state index contributed by atoms with van der Waals surface area (Å²) in [6, 6.07) is 20.9. The minimum Gasteiger partial charge on any atom is -0.490 e. The second kappa shape index (κ2) is 10.3. The van der Waals surface area contributed by atoms with Gasteiger partial charge in [0, 0.05) is 0 Å². The molecule has 1 heterocycles. The van der Waals surface area contributed by atoms with Crippen LogP contribution in [0.5, 0.6) is 11.5 Å². The number of nitrogens with zero attached hydrogens (tertiary/aromatic N) is 1. The summed E-state index contributed by atoms with van der Waals surface area (Å²) in [6.07, 6.45) is 1.65. The molecule has 0 saturated carbocycles. The minimum absolute atomic E-state index is 0.221. The van der Waals surface area contributed by atoms with Crippen LogP contribution in [0.1, 0.15) is 34.7 Å². The largest absolute Gasteiger partial charge is 0.490 e. The molecule has 34 heavy (non-hydrogen) atoms. The molecule has 1 aliphatic rings. The molecule has 6 nitrogen and oxygen atoms in total. The van der Waals surface area contributed by atoms with Crippen molar-refractivity contribution in [1.29, 1.82) is 0 Å². The standard InChI is InChI=1S/C28H28N2O4/c1-4-33-26-16-23(13-14-25(26)34-18-22-11-7-20(3)8-12-22)15-24-27(31)30(28(32)29-24)17-21-9-5-19(2)6-10-21/h5-16H,4,17-18H2,1-3H3,(H,29,32)/b24-15+. The first kappa shape index (κ1) is 23.1. The van der Waals surface area contributed by atoms with E-state index < -0.39 is 6.03 Å². The number of amides is 3. The molecule has 0 atom stereocenters. The van der Waals surface area contributed by atoms with E-state index in [0.717, 1.165) is 22.3 Å². The van der Waals surface area contributed by atoms with Crippen LogP contribution in [-0.4, -0.2) is 23.4 Å². The van der Waals surface area contributed by atoms with Crippen molar-refractivity contribution in [3.05, 3.63) is 100 Å². The van der Waals surface area contributed by atoms with Gasteiger partial charge in [0.25, 0.3) is 5.91 Å². The fourth-order valence-corrected chi connectivity index (χ4v) is 3.61. The molecule has 3 aromatic carbocycles. The van der Waals surface area contributed by atoms with Crippen LogP contribution in [0.3, 0.4) is 0 Å². The molecule has 0 aliphatic carbocycles. The van der Waals surface area contributed by atoms with Gasteiger partial charge in [0.1, 0.15) is 12.3 Å². The van der Waals surface area contributed by atoms with Gasteiger partial charge in [-0.05, 0) is 55.7 Å². The minimum atomic E-state index is -0.431. The Labute approximate surface area is 199 Å². The summed E-state index contributed by atoms with van der Waals surface area (Å²) in [5, 5.41) is 2.68. The normalized spacial score (nSPS) is 14.4. The van der Waals surface area contributed by atoms with Gasteiger partial charge in [-0.1, -0.05) is 65.7 Å². The maximum Gasteiger partial charge on any atom is 0.329 e. The van der Waals surface area contributed by atoms with Gasteiger partial charge < -0.3 is 14.8 Å². The predicted octanol–water partition coefficient (Wildman–Crippen LogP) is 5.37. The summed E-state index contributed by atoms with van der Waals surface area (Å²) in [5.41, 5.74) is 5.23. The lowest BCUT2D eigenvalue weighted by atomic mass is 10.1. The first-order valence-electron chi connectivity index (χ1n) is 11.3. The van der Waals surface area contributed by atoms with E-state index in [0.29, 0.717) is 24.7 Å². The summed E-state index contributed by atoms with van der Waals surface area (Å²) in [5.74, 6) is 0.841. The Morgan fingerprint density at radius 1 is 0.824 bits per heavy atom. The van der Waals surface area contributed by atoms with Crippen molar-refractivity contribution in [3.8, 4) is 11.5 Å². The van der Waals surface area contributed by atoms with Crippen LogP contribution in [0.4, 0.5) is 4.79 Å². The van der Waals surface area contributed by atoms with E-state index in [1.807, 2.05) is 87.5 Å². The highest BCUT2D eigenvalue weighted by molar-refractivity contribution is 6.13. The van der Waals surface area contributed by atoms with Crippen molar-refractivity contribution in [3.63, 3.8) is 0 Å². The highest BCUT2D eigenvalue weighted by Crippen LogP contribution is 2.30. The number of benzene rings is 3. The third-order valence-electron chi connectivity index (χ3n) is 5.52. The molecule has 6 heteroatoms. The van der Waals surface area contributed by atoms with E-state index in [2.05, 4.69) is 5.32 Å². The Morgan fingerprint density at radius 2 is 1.47 bits per heavy atom. The number of carbonyl (C=O) groups excluding carboxylic acids is 2. The SMILES string of the molecule is CCOc1cc(/C=C2/NC(=O)N(Cc3ccc(C)cc3)C2=O)ccc1OCc1ccc(C)cc1. The zero-order chi connectivity index (χ0) is 24.1. The highest BCUT2D eigenvalue weighted by Gasteiger charge is 2.33. The lowest BCUT2D eigenvalue weighted by Crippen LogP contribution is -2.30. The molecular weight excluding hydrogens is 428 g/mol. The fraction of sp³-hybridized carbons (Fsp3) is 0.214. The van der Waals surface area contributed by atoms with Gasteiger partial charge in [0.05, 0.1) is 13.2 Å². The maximum absolute atomic E-state index is 12.9. The number of nitrogens with one attached hydrogen (secondary N) is 1. The number of rotatable bonds is 8. The second-order valence-corrected chi connectivity index (χ2v) is 8.28. The molecule has 0 radical (unpaired) electrons. The molecule has 1 saturated heterocycles. The highest BCUT2D eigenvalue weighted by atomic mass is 16.5. The van der Waals surface area contributed by atoms with Crippen molar-refractivity contribution in [1.82, 2.24) is 10.2 Å². The van der Waals surface area contributed by atoms with E-state index in [4.69, 9.17) is 9.47 Å². The lowest BCUT2D eigenvalue weighted by Gasteiger charge is -2.13. The molecule has 0 bridgehead atoms. The summed E-state index contributed by atoms with van der Waals surface area (Å²) in [4.78, 5) is 26.5. The van der Waals surface area contributed by atoms with Gasteiger partial charge in [-0.3, -0.25) is 9.69 Å². The van der Waals surface area contributed by atoms with Crippen molar-refractivity contribution in [2.45, 2.75) is 33.9 Å². The van der Waals surface area contributed by atoms with Gasteiger partial charge in [-0.15, -0.1) is 0 Å². The van der Waals surface area contributed by atoms with Gasteiger partial charge in [0.15, 0.2) is 11.5 Å². The molecule has 174 valence electrons. The number of hydrogen-bond acceptors (Lipinski definition) is 4. The number of urea groups is 1. The van der Waals surface area contributed by atoms with Crippen LogP contribution < -0.4 is 14.8 Å². The van der Waals surface area contributed by atoms with Crippen LogP contribution in [0.25, 0.3) is 6.08 Å². The first-order chi connectivity index (χ1) is 16.4. The van der Waals surface area contributed by atoms with Crippen LogP contribution in [0.15, 0.2) is 72.4 Å². The molecule has 0 spiro atoms. The van der Waals surface area contributed by atoms with E-state index in [1.165, 1.54) is 10.5 Å². The van der Waals surface area contributed by atoms with E-state index in [9.17, 15) is 9.59 Å². The molecule has 0 unspecified atom stereocenters. The number of imide groups is 1. The summed E-state index contributed by atoms with van der Waals surface area (Å²) < 4.78 is 11.8. The second-order valence-electron chi connectivity index (χ2n) is 8.28. The molecule has 1 fully saturated rings. The average molecular weight is 457 g/mol. The molecule has 0 aromatic heterocycles. The Balaban J connectivity index is 1.49. The van der Waals surface area contributed by atoms with E-state index in [1.54, 1.807) is 6.08 Å². The molecular formula is C28H28N2O4. The molecule has 1 aliphatic heterocycles. The van der Waals surface area contributed by atoms with Gasteiger partial charge in [-0.2, -0.15) is 0 Å². The Morgan fingerprint density at radius 3 is 2.12 bits per heavy atom. The number of carbonyl (C=O) groups is 2. The van der Waals surface area contributed by atoms with Gasteiger partial charge >= 0.3 is 6.03 Å². The van der Waals surface area contributed by atoms with Crippen LogP contribution in [0.2, 0.25) is 0 Å². The Kier molecular flexibility index (Phi) is 6.97. The van der Waals surface area contributed by atoms with Crippen molar-refractivity contribution < 1.29 is 19.1 Å². The third-order valence-corrected chi connectivity index (χ3v) is 5.52. The Hall–Kier alpha value is -4.06. The van der Waals surface area contributed by atoms with E-state index >= 15 is 0 Å². The summed E-state index contributed by atoms with van der Waals surface area (Å²) in [6.45, 7) is 7.05. The van der Waals surface area contributed by atoms with Crippen molar-refractivity contribution in [2.24, 2.45) is 0 Å². The molecule has 3 aromatic rings.